The molecule has 1 rings (SSSR count). The number of nitrogens with one attached hydrogen (secondary N) is 1. The van der Waals surface area contributed by atoms with Crippen LogP contribution in [0.3, 0.4) is 0 Å². The van der Waals surface area contributed by atoms with Crippen molar-refractivity contribution in [2.75, 3.05) is 25.0 Å². The molecule has 90 valence electrons. The van der Waals surface area contributed by atoms with E-state index in [2.05, 4.69) is 5.32 Å². The summed E-state index contributed by atoms with van der Waals surface area (Å²) in [7, 11) is 0. The van der Waals surface area contributed by atoms with E-state index in [1.807, 2.05) is 24.8 Å². The standard InChI is InChI=1S/C13H17N3O/c1-3-16(4-2)10-13(17)15-12-7-5-6-11(8-12)9-14/h5-8H,3-4,10H2,1-2H3,(H,15,17). The molecule has 0 bridgehead atoms. The fourth-order valence-corrected chi connectivity index (χ4v) is 1.52. The summed E-state index contributed by atoms with van der Waals surface area (Å²) in [5, 5.41) is 11.5. The van der Waals surface area contributed by atoms with Crippen LogP contribution in [0.15, 0.2) is 24.3 Å². The molecule has 0 aliphatic heterocycles. The van der Waals surface area contributed by atoms with Crippen LogP contribution in [0.4, 0.5) is 5.69 Å². The summed E-state index contributed by atoms with van der Waals surface area (Å²) >= 11 is 0. The molecule has 4 heteroatoms. The predicted molar refractivity (Wildman–Crippen MR) is 67.6 cm³/mol. The van der Waals surface area contributed by atoms with Gasteiger partial charge in [-0.3, -0.25) is 9.69 Å². The number of anilines is 1. The number of likely N-dealkylation sites (N-methyl/N-ethyl adjacent to an activating group) is 1. The van der Waals surface area contributed by atoms with Gasteiger partial charge in [-0.15, -0.1) is 0 Å². The predicted octanol–water partition coefficient (Wildman–Crippen LogP) is 1.84. The number of nitrogens with zero attached hydrogens (tertiary/aromatic N) is 2. The van der Waals surface area contributed by atoms with Crippen LogP contribution in [-0.4, -0.2) is 30.4 Å². The fraction of sp³-hybridized carbons (Fsp3) is 0.385. The van der Waals surface area contributed by atoms with Gasteiger partial charge in [0.1, 0.15) is 0 Å². The summed E-state index contributed by atoms with van der Waals surface area (Å²) in [5.41, 5.74) is 1.21. The van der Waals surface area contributed by atoms with Crippen molar-refractivity contribution < 1.29 is 4.79 Å². The number of carbonyl (C=O) groups is 1. The maximum atomic E-state index is 11.7. The van der Waals surface area contributed by atoms with Crippen molar-refractivity contribution in [1.29, 1.82) is 5.26 Å². The Kier molecular flexibility index (Phi) is 5.18. The smallest absolute Gasteiger partial charge is 0.238 e. The van der Waals surface area contributed by atoms with E-state index in [1.165, 1.54) is 0 Å². The Hall–Kier alpha value is -1.86. The number of carbonyl (C=O) groups excluding carboxylic acids is 1. The molecule has 0 radical (unpaired) electrons. The minimum absolute atomic E-state index is 0.0520. The zero-order valence-electron chi connectivity index (χ0n) is 10.2. The van der Waals surface area contributed by atoms with Gasteiger partial charge < -0.3 is 5.32 Å². The lowest BCUT2D eigenvalue weighted by Crippen LogP contribution is -2.32. The molecule has 0 aliphatic carbocycles. The van der Waals surface area contributed by atoms with Gasteiger partial charge in [0.2, 0.25) is 5.91 Å². The number of rotatable bonds is 5. The average Bonchev–Trinajstić information content (AvgIpc) is 2.36. The van der Waals surface area contributed by atoms with E-state index in [1.54, 1.807) is 24.3 Å². The molecule has 0 spiro atoms. The summed E-state index contributed by atoms with van der Waals surface area (Å²) < 4.78 is 0. The molecule has 1 aromatic carbocycles. The highest BCUT2D eigenvalue weighted by molar-refractivity contribution is 5.92. The molecular weight excluding hydrogens is 214 g/mol. The fourth-order valence-electron chi connectivity index (χ4n) is 1.52. The van der Waals surface area contributed by atoms with Crippen LogP contribution in [0.1, 0.15) is 19.4 Å². The van der Waals surface area contributed by atoms with Gasteiger partial charge in [-0.05, 0) is 31.3 Å². The van der Waals surface area contributed by atoms with Crippen LogP contribution in [0.25, 0.3) is 0 Å². The second-order valence-electron chi connectivity index (χ2n) is 3.70. The van der Waals surface area contributed by atoms with Crippen molar-refractivity contribution in [1.82, 2.24) is 4.90 Å². The molecule has 0 aromatic heterocycles. The highest BCUT2D eigenvalue weighted by Gasteiger charge is 2.07. The van der Waals surface area contributed by atoms with Gasteiger partial charge in [0.25, 0.3) is 0 Å². The third kappa shape index (κ3) is 4.25. The Bertz CT molecular complexity index is 419. The highest BCUT2D eigenvalue weighted by atomic mass is 16.2. The van der Waals surface area contributed by atoms with E-state index < -0.39 is 0 Å². The first-order valence-electron chi connectivity index (χ1n) is 5.72. The molecule has 0 aliphatic rings. The highest BCUT2D eigenvalue weighted by Crippen LogP contribution is 2.09. The zero-order chi connectivity index (χ0) is 12.7. The Morgan fingerprint density at radius 3 is 2.71 bits per heavy atom. The topological polar surface area (TPSA) is 56.1 Å². The van der Waals surface area contributed by atoms with Crippen LogP contribution in [0.5, 0.6) is 0 Å². The van der Waals surface area contributed by atoms with E-state index >= 15 is 0 Å². The van der Waals surface area contributed by atoms with Crippen LogP contribution in [-0.2, 0) is 4.79 Å². The van der Waals surface area contributed by atoms with Crippen LogP contribution in [0, 0.1) is 11.3 Å². The number of benzene rings is 1. The van der Waals surface area contributed by atoms with E-state index in [0.29, 0.717) is 17.8 Å². The number of amides is 1. The Balaban J connectivity index is 2.59. The monoisotopic (exact) mass is 231 g/mol. The molecule has 0 atom stereocenters. The molecule has 1 amide bonds. The minimum atomic E-state index is -0.0520. The largest absolute Gasteiger partial charge is 0.325 e. The molecule has 0 saturated heterocycles. The summed E-state index contributed by atoms with van der Waals surface area (Å²) in [6, 6.07) is 8.95. The average molecular weight is 231 g/mol. The van der Waals surface area contributed by atoms with Gasteiger partial charge in [0.15, 0.2) is 0 Å². The molecule has 0 unspecified atom stereocenters. The molecule has 0 fully saturated rings. The summed E-state index contributed by atoms with van der Waals surface area (Å²) in [6.45, 7) is 6.12. The SMILES string of the molecule is CCN(CC)CC(=O)Nc1cccc(C#N)c1. The normalized spacial score (nSPS) is 10.0. The lowest BCUT2D eigenvalue weighted by atomic mass is 10.2. The van der Waals surface area contributed by atoms with Crippen molar-refractivity contribution in [3.05, 3.63) is 29.8 Å². The molecule has 1 N–H and O–H groups in total. The van der Waals surface area contributed by atoms with Gasteiger partial charge in [-0.2, -0.15) is 5.26 Å². The zero-order valence-corrected chi connectivity index (χ0v) is 10.2. The number of hydrogen-bond donors (Lipinski definition) is 1. The van der Waals surface area contributed by atoms with Crippen molar-refractivity contribution >= 4 is 11.6 Å². The first kappa shape index (κ1) is 13.2. The number of nitriles is 1. The first-order valence-corrected chi connectivity index (χ1v) is 5.72. The van der Waals surface area contributed by atoms with Gasteiger partial charge >= 0.3 is 0 Å². The molecule has 4 nitrogen and oxygen atoms in total. The van der Waals surface area contributed by atoms with E-state index in [9.17, 15) is 4.79 Å². The van der Waals surface area contributed by atoms with E-state index in [0.717, 1.165) is 13.1 Å². The van der Waals surface area contributed by atoms with Crippen LogP contribution >= 0.6 is 0 Å². The van der Waals surface area contributed by atoms with Crippen molar-refractivity contribution in [3.8, 4) is 6.07 Å². The second-order valence-corrected chi connectivity index (χ2v) is 3.70. The van der Waals surface area contributed by atoms with Crippen LogP contribution < -0.4 is 5.32 Å². The summed E-state index contributed by atoms with van der Waals surface area (Å²) in [4.78, 5) is 13.7. The van der Waals surface area contributed by atoms with Crippen molar-refractivity contribution in [2.24, 2.45) is 0 Å². The van der Waals surface area contributed by atoms with Gasteiger partial charge in [-0.25, -0.2) is 0 Å². The van der Waals surface area contributed by atoms with E-state index in [-0.39, 0.29) is 5.91 Å². The molecular formula is C13H17N3O. The molecule has 1 aromatic rings. The molecule has 17 heavy (non-hydrogen) atoms. The Labute approximate surface area is 102 Å². The third-order valence-electron chi connectivity index (χ3n) is 2.54. The maximum absolute atomic E-state index is 11.7. The molecule has 0 heterocycles. The quantitative estimate of drug-likeness (QED) is 0.841. The van der Waals surface area contributed by atoms with Gasteiger partial charge in [-0.1, -0.05) is 19.9 Å². The molecule has 0 saturated carbocycles. The third-order valence-corrected chi connectivity index (χ3v) is 2.54. The van der Waals surface area contributed by atoms with Crippen LogP contribution in [0.2, 0.25) is 0 Å². The minimum Gasteiger partial charge on any atom is -0.325 e. The lowest BCUT2D eigenvalue weighted by Gasteiger charge is -2.17. The lowest BCUT2D eigenvalue weighted by molar-refractivity contribution is -0.117. The first-order chi connectivity index (χ1) is 8.19. The maximum Gasteiger partial charge on any atom is 0.238 e. The van der Waals surface area contributed by atoms with Crippen molar-refractivity contribution in [2.45, 2.75) is 13.8 Å². The Morgan fingerprint density at radius 2 is 2.12 bits per heavy atom. The van der Waals surface area contributed by atoms with Crippen molar-refractivity contribution in [3.63, 3.8) is 0 Å². The summed E-state index contributed by atoms with van der Waals surface area (Å²) in [5.74, 6) is -0.0520. The van der Waals surface area contributed by atoms with E-state index in [4.69, 9.17) is 5.26 Å². The van der Waals surface area contributed by atoms with Gasteiger partial charge in [0.05, 0.1) is 18.2 Å². The van der Waals surface area contributed by atoms with Gasteiger partial charge in [0, 0.05) is 5.69 Å². The number of hydrogen-bond acceptors (Lipinski definition) is 3. The summed E-state index contributed by atoms with van der Waals surface area (Å²) in [6.07, 6.45) is 0. The Morgan fingerprint density at radius 1 is 1.41 bits per heavy atom. The second kappa shape index (κ2) is 6.66.